The van der Waals surface area contributed by atoms with Crippen LogP contribution in [0.25, 0.3) is 0 Å². The molecule has 4 heteroatoms. The SMILES string of the molecule is CCN1CCN(C(CO)c2cccc(O)c2)CC1C. The van der Waals surface area contributed by atoms with E-state index in [1.54, 1.807) is 12.1 Å². The van der Waals surface area contributed by atoms with E-state index in [1.807, 2.05) is 12.1 Å². The molecular weight excluding hydrogens is 240 g/mol. The predicted molar refractivity (Wildman–Crippen MR) is 76.2 cm³/mol. The third-order valence-electron chi connectivity index (χ3n) is 4.07. The standard InChI is InChI=1S/C15H24N2O2/c1-3-16-7-8-17(10-12(16)2)15(11-18)13-5-4-6-14(19)9-13/h4-6,9,12,15,18-19H,3,7-8,10-11H2,1-2H3. The van der Waals surface area contributed by atoms with Gasteiger partial charge < -0.3 is 10.2 Å². The largest absolute Gasteiger partial charge is 0.508 e. The lowest BCUT2D eigenvalue weighted by atomic mass is 10.0. The molecule has 1 fully saturated rings. The first kappa shape index (κ1) is 14.3. The molecule has 1 aromatic rings. The molecular formula is C15H24N2O2. The van der Waals surface area contributed by atoms with Gasteiger partial charge in [-0.3, -0.25) is 9.80 Å². The fraction of sp³-hybridized carbons (Fsp3) is 0.600. The molecule has 2 unspecified atom stereocenters. The average molecular weight is 264 g/mol. The van der Waals surface area contributed by atoms with Crippen molar-refractivity contribution in [1.29, 1.82) is 0 Å². The van der Waals surface area contributed by atoms with E-state index in [9.17, 15) is 10.2 Å². The highest BCUT2D eigenvalue weighted by Crippen LogP contribution is 2.25. The summed E-state index contributed by atoms with van der Waals surface area (Å²) in [4.78, 5) is 4.76. The minimum atomic E-state index is -0.0199. The van der Waals surface area contributed by atoms with Gasteiger partial charge in [-0.2, -0.15) is 0 Å². The summed E-state index contributed by atoms with van der Waals surface area (Å²) < 4.78 is 0. The van der Waals surface area contributed by atoms with Crippen LogP contribution < -0.4 is 0 Å². The van der Waals surface area contributed by atoms with E-state index in [2.05, 4.69) is 23.6 Å². The van der Waals surface area contributed by atoms with Gasteiger partial charge in [-0.1, -0.05) is 19.1 Å². The Morgan fingerprint density at radius 3 is 2.74 bits per heavy atom. The van der Waals surface area contributed by atoms with E-state index in [4.69, 9.17) is 0 Å². The quantitative estimate of drug-likeness (QED) is 0.864. The number of benzene rings is 1. The summed E-state index contributed by atoms with van der Waals surface area (Å²) in [5, 5.41) is 19.3. The number of phenols is 1. The third-order valence-corrected chi connectivity index (χ3v) is 4.07. The zero-order valence-electron chi connectivity index (χ0n) is 11.8. The van der Waals surface area contributed by atoms with Gasteiger partial charge in [0.05, 0.1) is 12.6 Å². The molecule has 2 atom stereocenters. The molecule has 1 aliphatic rings. The smallest absolute Gasteiger partial charge is 0.115 e. The lowest BCUT2D eigenvalue weighted by molar-refractivity contribution is 0.0367. The molecule has 0 spiro atoms. The van der Waals surface area contributed by atoms with Gasteiger partial charge in [0.15, 0.2) is 0 Å². The van der Waals surface area contributed by atoms with Crippen molar-refractivity contribution in [3.8, 4) is 5.75 Å². The van der Waals surface area contributed by atoms with Crippen LogP contribution in [0, 0.1) is 0 Å². The molecule has 0 aromatic heterocycles. The van der Waals surface area contributed by atoms with Crippen LogP contribution in [0.15, 0.2) is 24.3 Å². The van der Waals surface area contributed by atoms with Gasteiger partial charge in [-0.05, 0) is 31.2 Å². The highest BCUT2D eigenvalue weighted by Gasteiger charge is 2.28. The number of aliphatic hydroxyl groups excluding tert-OH is 1. The summed E-state index contributed by atoms with van der Waals surface area (Å²) in [6.45, 7) is 8.52. The number of phenolic OH excluding ortho intramolecular Hbond substituents is 1. The zero-order chi connectivity index (χ0) is 13.8. The Morgan fingerprint density at radius 1 is 1.37 bits per heavy atom. The maximum absolute atomic E-state index is 9.70. The molecule has 1 aromatic carbocycles. The first-order chi connectivity index (χ1) is 9.15. The van der Waals surface area contributed by atoms with Crippen molar-refractivity contribution in [3.63, 3.8) is 0 Å². The second kappa shape index (κ2) is 6.37. The normalized spacial score (nSPS) is 23.4. The second-order valence-electron chi connectivity index (χ2n) is 5.27. The Morgan fingerprint density at radius 2 is 2.16 bits per heavy atom. The van der Waals surface area contributed by atoms with Crippen molar-refractivity contribution in [3.05, 3.63) is 29.8 Å². The number of hydrogen-bond acceptors (Lipinski definition) is 4. The van der Waals surface area contributed by atoms with E-state index < -0.39 is 0 Å². The highest BCUT2D eigenvalue weighted by molar-refractivity contribution is 5.29. The number of likely N-dealkylation sites (N-methyl/N-ethyl adjacent to an activating group) is 1. The molecule has 0 bridgehead atoms. The molecule has 4 nitrogen and oxygen atoms in total. The summed E-state index contributed by atoms with van der Waals surface area (Å²) in [5.41, 5.74) is 0.986. The van der Waals surface area contributed by atoms with Crippen LogP contribution in [-0.4, -0.2) is 58.8 Å². The van der Waals surface area contributed by atoms with Gasteiger partial charge in [0, 0.05) is 25.7 Å². The number of aromatic hydroxyl groups is 1. The highest BCUT2D eigenvalue weighted by atomic mass is 16.3. The molecule has 1 saturated heterocycles. The van der Waals surface area contributed by atoms with Crippen molar-refractivity contribution in [2.24, 2.45) is 0 Å². The van der Waals surface area contributed by atoms with E-state index >= 15 is 0 Å². The van der Waals surface area contributed by atoms with E-state index in [0.29, 0.717) is 6.04 Å². The van der Waals surface area contributed by atoms with Crippen LogP contribution >= 0.6 is 0 Å². The van der Waals surface area contributed by atoms with E-state index in [0.717, 1.165) is 31.7 Å². The fourth-order valence-electron chi connectivity index (χ4n) is 2.94. The average Bonchev–Trinajstić information content (AvgIpc) is 2.40. The van der Waals surface area contributed by atoms with Crippen LogP contribution in [-0.2, 0) is 0 Å². The third kappa shape index (κ3) is 3.26. The molecule has 19 heavy (non-hydrogen) atoms. The number of piperazine rings is 1. The topological polar surface area (TPSA) is 46.9 Å². The molecule has 0 saturated carbocycles. The summed E-state index contributed by atoms with van der Waals surface area (Å²) in [5.74, 6) is 0.260. The summed E-state index contributed by atoms with van der Waals surface area (Å²) in [6.07, 6.45) is 0. The first-order valence-electron chi connectivity index (χ1n) is 7.03. The Hall–Kier alpha value is -1.10. The Bertz CT molecular complexity index is 411. The van der Waals surface area contributed by atoms with Crippen LogP contribution in [0.4, 0.5) is 0 Å². The number of hydrogen-bond donors (Lipinski definition) is 2. The van der Waals surface area contributed by atoms with Crippen molar-refractivity contribution >= 4 is 0 Å². The van der Waals surface area contributed by atoms with Crippen LogP contribution in [0.1, 0.15) is 25.5 Å². The van der Waals surface area contributed by atoms with Crippen LogP contribution in [0.3, 0.4) is 0 Å². The molecule has 0 radical (unpaired) electrons. The maximum Gasteiger partial charge on any atom is 0.115 e. The van der Waals surface area contributed by atoms with Crippen LogP contribution in [0.5, 0.6) is 5.75 Å². The summed E-state index contributed by atoms with van der Waals surface area (Å²) in [7, 11) is 0. The van der Waals surface area contributed by atoms with Gasteiger partial charge in [0.2, 0.25) is 0 Å². The number of rotatable bonds is 4. The lowest BCUT2D eigenvalue weighted by Crippen LogP contribution is -2.53. The van der Waals surface area contributed by atoms with Gasteiger partial charge in [0.25, 0.3) is 0 Å². The van der Waals surface area contributed by atoms with Gasteiger partial charge >= 0.3 is 0 Å². The number of aliphatic hydroxyl groups is 1. The van der Waals surface area contributed by atoms with Crippen molar-refractivity contribution in [1.82, 2.24) is 9.80 Å². The fourth-order valence-corrected chi connectivity index (χ4v) is 2.94. The molecule has 0 aliphatic carbocycles. The van der Waals surface area contributed by atoms with Gasteiger partial charge in [-0.25, -0.2) is 0 Å². The monoisotopic (exact) mass is 264 g/mol. The molecule has 1 heterocycles. The Balaban J connectivity index is 2.10. The summed E-state index contributed by atoms with van der Waals surface area (Å²) >= 11 is 0. The van der Waals surface area contributed by atoms with E-state index in [1.165, 1.54) is 0 Å². The van der Waals surface area contributed by atoms with Crippen LogP contribution in [0.2, 0.25) is 0 Å². The predicted octanol–water partition coefficient (Wildman–Crippen LogP) is 1.45. The summed E-state index contributed by atoms with van der Waals surface area (Å²) in [6, 6.07) is 7.70. The van der Waals surface area contributed by atoms with Gasteiger partial charge in [-0.15, -0.1) is 0 Å². The first-order valence-corrected chi connectivity index (χ1v) is 7.03. The molecule has 0 amide bonds. The minimum absolute atomic E-state index is 0.0199. The second-order valence-corrected chi connectivity index (χ2v) is 5.27. The minimum Gasteiger partial charge on any atom is -0.508 e. The molecule has 1 aliphatic heterocycles. The maximum atomic E-state index is 9.70. The lowest BCUT2D eigenvalue weighted by Gasteiger charge is -2.42. The molecule has 106 valence electrons. The molecule has 2 rings (SSSR count). The Labute approximate surface area is 115 Å². The number of nitrogens with zero attached hydrogens (tertiary/aromatic N) is 2. The van der Waals surface area contributed by atoms with Gasteiger partial charge in [0.1, 0.15) is 5.75 Å². The van der Waals surface area contributed by atoms with Crippen molar-refractivity contribution in [2.45, 2.75) is 25.9 Å². The zero-order valence-corrected chi connectivity index (χ0v) is 11.8. The Kier molecular flexibility index (Phi) is 4.80. The van der Waals surface area contributed by atoms with E-state index in [-0.39, 0.29) is 18.4 Å². The van der Waals surface area contributed by atoms with Crippen molar-refractivity contribution in [2.75, 3.05) is 32.8 Å². The van der Waals surface area contributed by atoms with Crippen molar-refractivity contribution < 1.29 is 10.2 Å². The molecule has 2 N–H and O–H groups in total.